The first-order chi connectivity index (χ1) is 9.72. The third-order valence-electron chi connectivity index (χ3n) is 3.14. The minimum atomic E-state index is 1.04. The van der Waals surface area contributed by atoms with E-state index in [0.29, 0.717) is 0 Å². The molecule has 0 fully saturated rings. The maximum atomic E-state index is 4.60. The summed E-state index contributed by atoms with van der Waals surface area (Å²) >= 11 is 1.72. The van der Waals surface area contributed by atoms with Crippen molar-refractivity contribution < 1.29 is 0 Å². The molecule has 100 valence electrons. The lowest BCUT2D eigenvalue weighted by atomic mass is 10.2. The second kappa shape index (κ2) is 5.47. The molecule has 0 spiro atoms. The first-order valence-corrected chi connectivity index (χ1v) is 7.35. The summed E-state index contributed by atoms with van der Waals surface area (Å²) in [6, 6.07) is 16.7. The van der Waals surface area contributed by atoms with Crippen LogP contribution < -0.4 is 4.90 Å². The van der Waals surface area contributed by atoms with Crippen LogP contribution in [0.5, 0.6) is 0 Å². The highest BCUT2D eigenvalue weighted by Crippen LogP contribution is 2.23. The van der Waals surface area contributed by atoms with Crippen molar-refractivity contribution in [3.05, 3.63) is 59.1 Å². The molecule has 0 aliphatic heterocycles. The number of fused-ring (bicyclic) bond motifs is 1. The average molecular weight is 280 g/mol. The second-order valence-electron chi connectivity index (χ2n) is 4.84. The van der Waals surface area contributed by atoms with Crippen molar-refractivity contribution in [3.63, 3.8) is 0 Å². The number of hydrogen-bond acceptors (Lipinski definition) is 3. The predicted octanol–water partition coefficient (Wildman–Crippen LogP) is 4.53. The van der Waals surface area contributed by atoms with E-state index in [1.807, 2.05) is 26.2 Å². The van der Waals surface area contributed by atoms with E-state index >= 15 is 0 Å². The molecule has 0 saturated heterocycles. The largest absolute Gasteiger partial charge is 0.378 e. The Kier molecular flexibility index (Phi) is 3.52. The van der Waals surface area contributed by atoms with Gasteiger partial charge in [0.1, 0.15) is 5.01 Å². The Bertz CT molecular complexity index is 706. The number of aromatic nitrogens is 1. The molecule has 2 nitrogen and oxygen atoms in total. The molecule has 0 amide bonds. The van der Waals surface area contributed by atoms with Crippen LogP contribution in [0.25, 0.3) is 22.4 Å². The van der Waals surface area contributed by atoms with Crippen LogP contribution in [0.4, 0.5) is 5.69 Å². The summed E-state index contributed by atoms with van der Waals surface area (Å²) in [4.78, 5) is 6.70. The highest BCUT2D eigenvalue weighted by atomic mass is 32.1. The normalized spacial score (nSPS) is 11.3. The zero-order chi connectivity index (χ0) is 13.9. The average Bonchev–Trinajstić information content (AvgIpc) is 2.88. The van der Waals surface area contributed by atoms with Gasteiger partial charge in [0.05, 0.1) is 10.2 Å². The molecule has 0 N–H and O–H groups in total. The number of nitrogens with zero attached hydrogens (tertiary/aromatic N) is 2. The maximum Gasteiger partial charge on any atom is 0.117 e. The molecule has 3 rings (SSSR count). The van der Waals surface area contributed by atoms with Gasteiger partial charge in [-0.05, 0) is 35.9 Å². The van der Waals surface area contributed by atoms with Gasteiger partial charge >= 0.3 is 0 Å². The molecule has 0 bridgehead atoms. The molecular formula is C17H16N2S. The van der Waals surface area contributed by atoms with Gasteiger partial charge in [-0.15, -0.1) is 11.3 Å². The molecule has 3 heteroatoms. The summed E-state index contributed by atoms with van der Waals surface area (Å²) in [6.45, 7) is 0. The maximum absolute atomic E-state index is 4.60. The van der Waals surface area contributed by atoms with E-state index < -0.39 is 0 Å². The minimum absolute atomic E-state index is 1.04. The van der Waals surface area contributed by atoms with Crippen LogP contribution in [0.2, 0.25) is 0 Å². The van der Waals surface area contributed by atoms with E-state index in [-0.39, 0.29) is 0 Å². The highest BCUT2D eigenvalue weighted by molar-refractivity contribution is 7.19. The van der Waals surface area contributed by atoms with E-state index in [9.17, 15) is 0 Å². The monoisotopic (exact) mass is 280 g/mol. The lowest BCUT2D eigenvalue weighted by molar-refractivity contribution is 1.13. The SMILES string of the molecule is CN(C)c1ccc(C=Cc2nc3ccccc3s2)cc1. The van der Waals surface area contributed by atoms with E-state index in [0.717, 1.165) is 10.5 Å². The van der Waals surface area contributed by atoms with E-state index in [1.165, 1.54) is 16.0 Å². The lowest BCUT2D eigenvalue weighted by Crippen LogP contribution is -2.07. The van der Waals surface area contributed by atoms with Crippen molar-refractivity contribution >= 4 is 39.4 Å². The van der Waals surface area contributed by atoms with Crippen molar-refractivity contribution in [3.8, 4) is 0 Å². The summed E-state index contributed by atoms with van der Waals surface area (Å²) in [5.74, 6) is 0. The Morgan fingerprint density at radius 3 is 2.40 bits per heavy atom. The van der Waals surface area contributed by atoms with Crippen LogP contribution in [-0.2, 0) is 0 Å². The molecule has 0 aliphatic rings. The molecule has 0 radical (unpaired) electrons. The Balaban J connectivity index is 1.82. The summed E-state index contributed by atoms with van der Waals surface area (Å²) in [5, 5.41) is 1.04. The molecule has 1 aromatic heterocycles. The smallest absolute Gasteiger partial charge is 0.117 e. The van der Waals surface area contributed by atoms with Gasteiger partial charge in [-0.3, -0.25) is 0 Å². The van der Waals surface area contributed by atoms with Gasteiger partial charge in [0.2, 0.25) is 0 Å². The number of hydrogen-bond donors (Lipinski definition) is 0. The van der Waals surface area contributed by atoms with Gasteiger partial charge in [0.15, 0.2) is 0 Å². The van der Waals surface area contributed by atoms with Crippen LogP contribution in [0, 0.1) is 0 Å². The van der Waals surface area contributed by atoms with Gasteiger partial charge in [0, 0.05) is 19.8 Å². The number of para-hydroxylation sites is 1. The molecule has 0 unspecified atom stereocenters. The molecule has 0 aliphatic carbocycles. The zero-order valence-electron chi connectivity index (χ0n) is 11.6. The molecule has 1 heterocycles. The summed E-state index contributed by atoms with van der Waals surface area (Å²) in [5.41, 5.74) is 3.47. The van der Waals surface area contributed by atoms with Crippen LogP contribution in [0.3, 0.4) is 0 Å². The van der Waals surface area contributed by atoms with Crippen LogP contribution in [0.15, 0.2) is 48.5 Å². The van der Waals surface area contributed by atoms with Gasteiger partial charge in [-0.25, -0.2) is 4.98 Å². The van der Waals surface area contributed by atoms with Gasteiger partial charge < -0.3 is 4.90 Å². The fraction of sp³-hybridized carbons (Fsp3) is 0.118. The Morgan fingerprint density at radius 1 is 0.950 bits per heavy atom. The molecule has 3 aromatic rings. The van der Waals surface area contributed by atoms with E-state index in [1.54, 1.807) is 11.3 Å². The third kappa shape index (κ3) is 2.73. The summed E-state index contributed by atoms with van der Waals surface area (Å²) < 4.78 is 1.23. The van der Waals surface area contributed by atoms with Crippen molar-refractivity contribution in [2.45, 2.75) is 0 Å². The quantitative estimate of drug-likeness (QED) is 0.700. The predicted molar refractivity (Wildman–Crippen MR) is 89.3 cm³/mol. The van der Waals surface area contributed by atoms with E-state index in [4.69, 9.17) is 0 Å². The van der Waals surface area contributed by atoms with Crippen molar-refractivity contribution in [2.24, 2.45) is 0 Å². The fourth-order valence-corrected chi connectivity index (χ4v) is 2.88. The van der Waals surface area contributed by atoms with Gasteiger partial charge in [0.25, 0.3) is 0 Å². The van der Waals surface area contributed by atoms with Crippen LogP contribution in [-0.4, -0.2) is 19.1 Å². The lowest BCUT2D eigenvalue weighted by Gasteiger charge is -2.11. The first kappa shape index (κ1) is 12.9. The molecule has 2 aromatic carbocycles. The van der Waals surface area contributed by atoms with Crippen molar-refractivity contribution in [1.82, 2.24) is 4.98 Å². The van der Waals surface area contributed by atoms with Crippen molar-refractivity contribution in [2.75, 3.05) is 19.0 Å². The van der Waals surface area contributed by atoms with Crippen molar-refractivity contribution in [1.29, 1.82) is 0 Å². The standard InChI is InChI=1S/C17H16N2S/c1-19(2)14-10-7-13(8-11-14)9-12-17-18-15-5-3-4-6-16(15)20-17/h3-12H,1-2H3. The first-order valence-electron chi connectivity index (χ1n) is 6.53. The number of benzene rings is 2. The fourth-order valence-electron chi connectivity index (χ4n) is 2.01. The zero-order valence-corrected chi connectivity index (χ0v) is 12.4. The number of thiazole rings is 1. The Labute approximate surface area is 123 Å². The summed E-state index contributed by atoms with van der Waals surface area (Å²) in [6.07, 6.45) is 4.19. The van der Waals surface area contributed by atoms with Crippen LogP contribution >= 0.6 is 11.3 Å². The second-order valence-corrected chi connectivity index (χ2v) is 5.90. The topological polar surface area (TPSA) is 16.1 Å². The Morgan fingerprint density at radius 2 is 1.70 bits per heavy atom. The summed E-state index contributed by atoms with van der Waals surface area (Å²) in [7, 11) is 4.10. The van der Waals surface area contributed by atoms with Gasteiger partial charge in [-0.2, -0.15) is 0 Å². The van der Waals surface area contributed by atoms with Crippen LogP contribution in [0.1, 0.15) is 10.6 Å². The highest BCUT2D eigenvalue weighted by Gasteiger charge is 1.99. The number of anilines is 1. The molecular weight excluding hydrogens is 264 g/mol. The third-order valence-corrected chi connectivity index (χ3v) is 4.14. The molecule has 0 atom stereocenters. The molecule has 20 heavy (non-hydrogen) atoms. The molecule has 0 saturated carbocycles. The minimum Gasteiger partial charge on any atom is -0.378 e. The number of rotatable bonds is 3. The van der Waals surface area contributed by atoms with E-state index in [2.05, 4.69) is 58.4 Å². The van der Waals surface area contributed by atoms with Gasteiger partial charge in [-0.1, -0.05) is 30.3 Å². The Hall–Kier alpha value is -2.13.